The molecular weight excluding hydrogens is 382 g/mol. The lowest BCUT2D eigenvalue weighted by Gasteiger charge is -2.61. The van der Waals surface area contributed by atoms with Crippen molar-refractivity contribution in [1.82, 2.24) is 0 Å². The van der Waals surface area contributed by atoms with Crippen LogP contribution in [0.5, 0.6) is 0 Å². The van der Waals surface area contributed by atoms with Gasteiger partial charge in [0.15, 0.2) is 11.4 Å². The van der Waals surface area contributed by atoms with E-state index in [0.717, 1.165) is 0 Å². The average molecular weight is 408 g/mol. The highest BCUT2D eigenvalue weighted by atomic mass is 19.1. The fraction of sp³-hybridized carbons (Fsp3) is 0.682. The molecule has 0 aromatic carbocycles. The first-order valence-electron chi connectivity index (χ1n) is 10.1. The van der Waals surface area contributed by atoms with E-state index in [9.17, 15) is 29.0 Å². The second kappa shape index (κ2) is 6.14. The summed E-state index contributed by atoms with van der Waals surface area (Å²) >= 11 is 0. The molecule has 0 aliphatic heterocycles. The summed E-state index contributed by atoms with van der Waals surface area (Å²) in [5.41, 5.74) is -5.68. The van der Waals surface area contributed by atoms with Crippen molar-refractivity contribution in [2.24, 2.45) is 22.7 Å². The summed E-state index contributed by atoms with van der Waals surface area (Å²) in [6.45, 7) is 2.43. The van der Waals surface area contributed by atoms with Crippen LogP contribution >= 0.6 is 0 Å². The van der Waals surface area contributed by atoms with Crippen LogP contribution in [0.1, 0.15) is 52.4 Å². The maximum absolute atomic E-state index is 16.8. The SMILES string of the molecule is C[C@]12CC(=O)C(=O)C=C1CC[C@H]1[C@@H]3CC(=CF)[C@](O)(C(=O)CO)[C@@]3(C)CC[C@@]12F. The number of rotatable bonds is 2. The maximum Gasteiger partial charge on any atom is 0.221 e. The molecule has 0 bridgehead atoms. The molecule has 0 radical (unpaired) electrons. The lowest BCUT2D eigenvalue weighted by Crippen LogP contribution is -2.64. The first-order chi connectivity index (χ1) is 13.5. The van der Waals surface area contributed by atoms with Crippen molar-refractivity contribution < 1.29 is 33.4 Å². The zero-order valence-electron chi connectivity index (χ0n) is 16.6. The lowest BCUT2D eigenvalue weighted by atomic mass is 9.44. The Bertz CT molecular complexity index is 878. The van der Waals surface area contributed by atoms with Gasteiger partial charge in [-0.15, -0.1) is 0 Å². The van der Waals surface area contributed by atoms with Crippen molar-refractivity contribution in [3.05, 3.63) is 23.6 Å². The highest BCUT2D eigenvalue weighted by molar-refractivity contribution is 6.42. The summed E-state index contributed by atoms with van der Waals surface area (Å²) in [7, 11) is 0. The molecule has 4 aliphatic rings. The van der Waals surface area contributed by atoms with Crippen molar-refractivity contribution in [2.45, 2.75) is 63.6 Å². The summed E-state index contributed by atoms with van der Waals surface area (Å²) in [5, 5.41) is 20.7. The van der Waals surface area contributed by atoms with Gasteiger partial charge in [-0.25, -0.2) is 8.78 Å². The van der Waals surface area contributed by atoms with Crippen LogP contribution in [-0.2, 0) is 14.4 Å². The molecule has 4 rings (SSSR count). The van der Waals surface area contributed by atoms with E-state index in [0.29, 0.717) is 18.4 Å². The number of hydrogen-bond acceptors (Lipinski definition) is 5. The number of carbonyl (C=O) groups is 3. The largest absolute Gasteiger partial charge is 0.388 e. The fourth-order valence-corrected chi connectivity index (χ4v) is 6.99. The molecule has 2 N–H and O–H groups in total. The van der Waals surface area contributed by atoms with Gasteiger partial charge in [0.1, 0.15) is 12.3 Å². The van der Waals surface area contributed by atoms with E-state index in [2.05, 4.69) is 0 Å². The van der Waals surface area contributed by atoms with Gasteiger partial charge >= 0.3 is 0 Å². The number of Topliss-reactive ketones (excluding diaryl/α,β-unsaturated/α-hetero) is 2. The summed E-state index contributed by atoms with van der Waals surface area (Å²) in [6.07, 6.45) is 2.26. The smallest absolute Gasteiger partial charge is 0.221 e. The number of ketones is 3. The summed E-state index contributed by atoms with van der Waals surface area (Å²) in [6, 6.07) is 0. The van der Waals surface area contributed by atoms with Gasteiger partial charge in [-0.1, -0.05) is 19.4 Å². The molecule has 5 nitrogen and oxygen atoms in total. The molecular formula is C22H26F2O5. The summed E-state index contributed by atoms with van der Waals surface area (Å²) in [4.78, 5) is 36.5. The van der Waals surface area contributed by atoms with Gasteiger partial charge in [0.2, 0.25) is 11.6 Å². The van der Waals surface area contributed by atoms with E-state index < -0.39 is 57.9 Å². The third-order valence-electron chi connectivity index (χ3n) is 8.75. The van der Waals surface area contributed by atoms with Crippen LogP contribution in [0.3, 0.4) is 0 Å². The van der Waals surface area contributed by atoms with Gasteiger partial charge in [0.25, 0.3) is 0 Å². The number of aliphatic hydroxyl groups excluding tert-OH is 1. The number of aliphatic hydroxyl groups is 2. The van der Waals surface area contributed by atoms with E-state index in [1.54, 1.807) is 13.8 Å². The fourth-order valence-electron chi connectivity index (χ4n) is 6.99. The Labute approximate surface area is 167 Å². The molecule has 3 fully saturated rings. The van der Waals surface area contributed by atoms with Gasteiger partial charge < -0.3 is 10.2 Å². The Morgan fingerprint density at radius 3 is 2.59 bits per heavy atom. The van der Waals surface area contributed by atoms with Crippen LogP contribution in [-0.4, -0.2) is 45.4 Å². The van der Waals surface area contributed by atoms with E-state index in [1.807, 2.05) is 0 Å². The van der Waals surface area contributed by atoms with E-state index >= 15 is 4.39 Å². The normalized spacial score (nSPS) is 48.1. The van der Waals surface area contributed by atoms with Gasteiger partial charge in [-0.2, -0.15) is 0 Å². The molecule has 0 amide bonds. The lowest BCUT2D eigenvalue weighted by molar-refractivity contribution is -0.181. The third-order valence-corrected chi connectivity index (χ3v) is 8.75. The molecule has 3 saturated carbocycles. The minimum absolute atomic E-state index is 0.0133. The van der Waals surface area contributed by atoms with Crippen LogP contribution < -0.4 is 0 Å². The van der Waals surface area contributed by atoms with Crippen molar-refractivity contribution in [3.63, 3.8) is 0 Å². The molecule has 0 unspecified atom stereocenters. The highest BCUT2D eigenvalue weighted by Gasteiger charge is 2.73. The predicted octanol–water partition coefficient (Wildman–Crippen LogP) is 2.55. The Morgan fingerprint density at radius 1 is 1.28 bits per heavy atom. The molecule has 0 heterocycles. The molecule has 158 valence electrons. The monoisotopic (exact) mass is 408 g/mol. The second-order valence-corrected chi connectivity index (χ2v) is 9.63. The Morgan fingerprint density at radius 2 is 1.97 bits per heavy atom. The molecule has 0 aromatic heterocycles. The highest BCUT2D eigenvalue weighted by Crippen LogP contribution is 2.71. The van der Waals surface area contributed by atoms with Gasteiger partial charge in [0.05, 0.1) is 6.33 Å². The minimum atomic E-state index is -2.17. The number of allylic oxidation sites excluding steroid dienone is 1. The molecule has 4 aliphatic carbocycles. The molecule has 29 heavy (non-hydrogen) atoms. The van der Waals surface area contributed by atoms with Crippen molar-refractivity contribution in [3.8, 4) is 0 Å². The number of fused-ring (bicyclic) bond motifs is 5. The van der Waals surface area contributed by atoms with Crippen LogP contribution in [0.25, 0.3) is 0 Å². The number of alkyl halides is 1. The van der Waals surface area contributed by atoms with Crippen LogP contribution in [0.15, 0.2) is 23.6 Å². The standard InChI is InChI=1S/C22H26F2O5/c1-19-5-6-21(24)14(4-3-12-8-16(26)17(27)9-20(12,21)2)15(19)7-13(10-23)22(19,29)18(28)11-25/h8,10,14-15,25,29H,3-7,9,11H2,1-2H3/t14-,15-,19-,20-,21+,22-/m0/s1. The predicted molar refractivity (Wildman–Crippen MR) is 99.1 cm³/mol. The molecule has 0 saturated heterocycles. The van der Waals surface area contributed by atoms with Crippen LogP contribution in [0, 0.1) is 22.7 Å². The molecule has 6 atom stereocenters. The zero-order valence-corrected chi connectivity index (χ0v) is 16.6. The first kappa shape index (κ1) is 20.5. The van der Waals surface area contributed by atoms with Gasteiger partial charge in [-0.3, -0.25) is 14.4 Å². The van der Waals surface area contributed by atoms with Crippen molar-refractivity contribution in [1.29, 1.82) is 0 Å². The van der Waals surface area contributed by atoms with E-state index in [-0.39, 0.29) is 37.6 Å². The molecule has 0 spiro atoms. The Balaban J connectivity index is 1.82. The van der Waals surface area contributed by atoms with Gasteiger partial charge in [0, 0.05) is 17.3 Å². The Hall–Kier alpha value is -1.73. The van der Waals surface area contributed by atoms with Crippen molar-refractivity contribution >= 4 is 17.3 Å². The topological polar surface area (TPSA) is 91.7 Å². The zero-order chi connectivity index (χ0) is 21.4. The average Bonchev–Trinajstić information content (AvgIpc) is 2.92. The third kappa shape index (κ3) is 2.23. The molecule has 0 aromatic rings. The summed E-state index contributed by atoms with van der Waals surface area (Å²) in [5.74, 6) is -3.19. The number of halogens is 2. The molecule has 7 heteroatoms. The second-order valence-electron chi connectivity index (χ2n) is 9.63. The maximum atomic E-state index is 16.8. The quantitative estimate of drug-likeness (QED) is 0.685. The van der Waals surface area contributed by atoms with E-state index in [1.165, 1.54) is 6.08 Å². The van der Waals surface area contributed by atoms with Crippen LogP contribution in [0.2, 0.25) is 0 Å². The van der Waals surface area contributed by atoms with Crippen LogP contribution in [0.4, 0.5) is 8.78 Å². The van der Waals surface area contributed by atoms with Crippen molar-refractivity contribution in [2.75, 3.05) is 6.61 Å². The minimum Gasteiger partial charge on any atom is -0.388 e. The number of hydrogen-bond donors (Lipinski definition) is 2. The summed E-state index contributed by atoms with van der Waals surface area (Å²) < 4.78 is 30.5. The van der Waals surface area contributed by atoms with Gasteiger partial charge in [-0.05, 0) is 55.6 Å². The Kier molecular flexibility index (Phi) is 4.35. The number of carbonyl (C=O) groups excluding carboxylic acids is 3. The first-order valence-corrected chi connectivity index (χ1v) is 10.1. The van der Waals surface area contributed by atoms with E-state index in [4.69, 9.17) is 0 Å².